The highest BCUT2D eigenvalue weighted by atomic mass is 16.4. The molecule has 0 aromatic heterocycles. The van der Waals surface area contributed by atoms with Crippen LogP contribution in [0.3, 0.4) is 0 Å². The fourth-order valence-corrected chi connectivity index (χ4v) is 3.01. The van der Waals surface area contributed by atoms with Crippen molar-refractivity contribution in [2.24, 2.45) is 0 Å². The number of likely N-dealkylation sites (N-methyl/N-ethyl adjacent to an activating group) is 2. The number of amides is 1. The molecule has 0 fully saturated rings. The molecule has 0 spiro atoms. The molecule has 5 nitrogen and oxygen atoms in total. The second kappa shape index (κ2) is 9.15. The Hall–Kier alpha value is -2.66. The standard InChI is InChI=1S/C21H26N2O3/c1-4-23(5-2)20(24)15-22(3)14-18-13-17(21(25)26)11-12-19(18)16-9-7-6-8-10-16/h6-13H,4-5,14-15H2,1-3H3,(H,25,26). The average molecular weight is 354 g/mol. The van der Waals surface area contributed by atoms with Gasteiger partial charge in [-0.2, -0.15) is 0 Å². The Labute approximate surface area is 154 Å². The van der Waals surface area contributed by atoms with Crippen molar-refractivity contribution in [1.82, 2.24) is 9.80 Å². The van der Waals surface area contributed by atoms with Crippen LogP contribution in [0.2, 0.25) is 0 Å². The zero-order valence-electron chi connectivity index (χ0n) is 15.6. The number of nitrogens with zero attached hydrogens (tertiary/aromatic N) is 2. The van der Waals surface area contributed by atoms with Gasteiger partial charge in [0.2, 0.25) is 5.91 Å². The van der Waals surface area contributed by atoms with Crippen LogP contribution < -0.4 is 0 Å². The van der Waals surface area contributed by atoms with E-state index in [9.17, 15) is 14.7 Å². The summed E-state index contributed by atoms with van der Waals surface area (Å²) in [5, 5.41) is 9.31. The lowest BCUT2D eigenvalue weighted by molar-refractivity contribution is -0.131. The number of benzene rings is 2. The number of hydrogen-bond acceptors (Lipinski definition) is 3. The number of carboxylic acids is 1. The number of carboxylic acid groups (broad SMARTS) is 1. The van der Waals surface area contributed by atoms with Crippen molar-refractivity contribution in [3.8, 4) is 11.1 Å². The topological polar surface area (TPSA) is 60.9 Å². The molecule has 0 saturated heterocycles. The Morgan fingerprint density at radius 1 is 1.00 bits per heavy atom. The van der Waals surface area contributed by atoms with E-state index in [1.165, 1.54) is 0 Å². The van der Waals surface area contributed by atoms with Crippen molar-refractivity contribution in [1.29, 1.82) is 0 Å². The SMILES string of the molecule is CCN(CC)C(=O)CN(C)Cc1cc(C(=O)O)ccc1-c1ccccc1. The third kappa shape index (κ3) is 4.92. The quantitative estimate of drug-likeness (QED) is 0.790. The minimum absolute atomic E-state index is 0.0770. The molecule has 2 aromatic carbocycles. The van der Waals surface area contributed by atoms with Crippen molar-refractivity contribution in [3.63, 3.8) is 0 Å². The average Bonchev–Trinajstić information content (AvgIpc) is 2.63. The second-order valence-corrected chi connectivity index (χ2v) is 6.28. The largest absolute Gasteiger partial charge is 0.478 e. The molecule has 5 heteroatoms. The maximum Gasteiger partial charge on any atom is 0.335 e. The van der Waals surface area contributed by atoms with Gasteiger partial charge in [-0.3, -0.25) is 9.69 Å². The summed E-state index contributed by atoms with van der Waals surface area (Å²) < 4.78 is 0. The van der Waals surface area contributed by atoms with Crippen molar-refractivity contribution in [2.45, 2.75) is 20.4 Å². The number of carbonyl (C=O) groups is 2. The zero-order valence-corrected chi connectivity index (χ0v) is 15.6. The van der Waals surface area contributed by atoms with E-state index >= 15 is 0 Å². The Morgan fingerprint density at radius 3 is 2.23 bits per heavy atom. The minimum Gasteiger partial charge on any atom is -0.478 e. The van der Waals surface area contributed by atoms with Crippen LogP contribution in [-0.2, 0) is 11.3 Å². The van der Waals surface area contributed by atoms with Gasteiger partial charge >= 0.3 is 5.97 Å². The molecule has 0 saturated carbocycles. The van der Waals surface area contributed by atoms with Gasteiger partial charge in [-0.1, -0.05) is 36.4 Å². The number of carbonyl (C=O) groups excluding carboxylic acids is 1. The molecule has 2 rings (SSSR count). The zero-order chi connectivity index (χ0) is 19.1. The molecule has 0 radical (unpaired) electrons. The predicted molar refractivity (Wildman–Crippen MR) is 103 cm³/mol. The van der Waals surface area contributed by atoms with Crippen LogP contribution in [0.15, 0.2) is 48.5 Å². The van der Waals surface area contributed by atoms with Crippen LogP contribution in [0.5, 0.6) is 0 Å². The van der Waals surface area contributed by atoms with Gasteiger partial charge in [0.15, 0.2) is 0 Å². The molecule has 1 amide bonds. The van der Waals surface area contributed by atoms with E-state index in [-0.39, 0.29) is 11.5 Å². The van der Waals surface area contributed by atoms with Crippen LogP contribution in [0.1, 0.15) is 29.8 Å². The van der Waals surface area contributed by atoms with Gasteiger partial charge in [0.25, 0.3) is 0 Å². The van der Waals surface area contributed by atoms with E-state index in [0.717, 1.165) is 16.7 Å². The summed E-state index contributed by atoms with van der Waals surface area (Å²) in [6, 6.07) is 15.0. The van der Waals surface area contributed by atoms with Crippen molar-refractivity contribution >= 4 is 11.9 Å². The summed E-state index contributed by atoms with van der Waals surface area (Å²) in [5.74, 6) is -0.874. The summed E-state index contributed by atoms with van der Waals surface area (Å²) in [6.45, 7) is 6.10. The van der Waals surface area contributed by atoms with E-state index in [0.29, 0.717) is 26.2 Å². The molecule has 0 heterocycles. The van der Waals surface area contributed by atoms with Crippen molar-refractivity contribution < 1.29 is 14.7 Å². The van der Waals surface area contributed by atoms with Crippen LogP contribution in [0.4, 0.5) is 0 Å². The van der Waals surface area contributed by atoms with Crippen molar-refractivity contribution in [2.75, 3.05) is 26.7 Å². The maximum atomic E-state index is 12.3. The van der Waals surface area contributed by atoms with E-state index < -0.39 is 5.97 Å². The Balaban J connectivity index is 2.27. The smallest absolute Gasteiger partial charge is 0.335 e. The third-order valence-electron chi connectivity index (χ3n) is 4.40. The van der Waals surface area contributed by atoms with E-state index in [4.69, 9.17) is 0 Å². The molecule has 1 N–H and O–H groups in total. The van der Waals surface area contributed by atoms with Gasteiger partial charge in [0.1, 0.15) is 0 Å². The Bertz CT molecular complexity index is 755. The highest BCUT2D eigenvalue weighted by molar-refractivity contribution is 5.89. The van der Waals surface area contributed by atoms with Crippen LogP contribution in [-0.4, -0.2) is 53.5 Å². The fraction of sp³-hybridized carbons (Fsp3) is 0.333. The van der Waals surface area contributed by atoms with E-state index in [1.807, 2.05) is 62.2 Å². The minimum atomic E-state index is -0.951. The van der Waals surface area contributed by atoms with Crippen LogP contribution in [0, 0.1) is 0 Å². The molecular weight excluding hydrogens is 328 g/mol. The molecule has 138 valence electrons. The van der Waals surface area contributed by atoms with Gasteiger partial charge in [0, 0.05) is 19.6 Å². The molecule has 0 atom stereocenters. The third-order valence-corrected chi connectivity index (χ3v) is 4.40. The lowest BCUT2D eigenvalue weighted by Crippen LogP contribution is -2.38. The summed E-state index contributed by atoms with van der Waals surface area (Å²) >= 11 is 0. The summed E-state index contributed by atoms with van der Waals surface area (Å²) in [6.07, 6.45) is 0. The highest BCUT2D eigenvalue weighted by Crippen LogP contribution is 2.26. The molecule has 2 aromatic rings. The van der Waals surface area contributed by atoms with Crippen molar-refractivity contribution in [3.05, 3.63) is 59.7 Å². The maximum absolute atomic E-state index is 12.3. The summed E-state index contributed by atoms with van der Waals surface area (Å²) in [5.41, 5.74) is 3.16. The second-order valence-electron chi connectivity index (χ2n) is 6.28. The normalized spacial score (nSPS) is 10.8. The summed E-state index contributed by atoms with van der Waals surface area (Å²) in [7, 11) is 1.88. The van der Waals surface area contributed by atoms with Gasteiger partial charge in [0.05, 0.1) is 12.1 Å². The fourth-order valence-electron chi connectivity index (χ4n) is 3.01. The van der Waals surface area contributed by atoms with Gasteiger partial charge in [-0.25, -0.2) is 4.79 Å². The van der Waals surface area contributed by atoms with E-state index in [1.54, 1.807) is 17.0 Å². The Kier molecular flexibility index (Phi) is 6.92. The first kappa shape index (κ1) is 19.7. The number of hydrogen-bond donors (Lipinski definition) is 1. The molecule has 0 bridgehead atoms. The Morgan fingerprint density at radius 2 is 1.65 bits per heavy atom. The number of rotatable bonds is 8. The summed E-state index contributed by atoms with van der Waals surface area (Å²) in [4.78, 5) is 27.4. The number of aromatic carboxylic acids is 1. The van der Waals surface area contributed by atoms with Crippen LogP contribution >= 0.6 is 0 Å². The lowest BCUT2D eigenvalue weighted by atomic mass is 9.97. The van der Waals surface area contributed by atoms with Gasteiger partial charge < -0.3 is 10.0 Å². The predicted octanol–water partition coefficient (Wildman–Crippen LogP) is 3.35. The first-order valence-electron chi connectivity index (χ1n) is 8.84. The van der Waals surface area contributed by atoms with Gasteiger partial charge in [-0.15, -0.1) is 0 Å². The van der Waals surface area contributed by atoms with Gasteiger partial charge in [-0.05, 0) is 49.7 Å². The molecule has 0 unspecified atom stereocenters. The highest BCUT2D eigenvalue weighted by Gasteiger charge is 2.15. The van der Waals surface area contributed by atoms with Crippen LogP contribution in [0.25, 0.3) is 11.1 Å². The first-order valence-corrected chi connectivity index (χ1v) is 8.84. The molecule has 0 aliphatic carbocycles. The first-order chi connectivity index (χ1) is 12.5. The monoisotopic (exact) mass is 354 g/mol. The van der Waals surface area contributed by atoms with E-state index in [2.05, 4.69) is 0 Å². The molecule has 0 aliphatic heterocycles. The molecular formula is C21H26N2O3. The molecule has 26 heavy (non-hydrogen) atoms. The molecule has 0 aliphatic rings. The lowest BCUT2D eigenvalue weighted by Gasteiger charge is -2.24.